The van der Waals surface area contributed by atoms with E-state index in [1.54, 1.807) is 6.08 Å². The van der Waals surface area contributed by atoms with E-state index >= 15 is 0 Å². The minimum absolute atomic E-state index is 0.0574. The van der Waals surface area contributed by atoms with E-state index < -0.39 is 0 Å². The first-order chi connectivity index (χ1) is 11.3. The Bertz CT molecular complexity index is 705. The first-order valence-electron chi connectivity index (χ1n) is 8.25. The average molecular weight is 308 g/mol. The Morgan fingerprint density at radius 1 is 1.13 bits per heavy atom. The fourth-order valence-electron chi connectivity index (χ4n) is 2.89. The molecule has 0 bridgehead atoms. The lowest BCUT2D eigenvalue weighted by molar-refractivity contribution is -0.125. The van der Waals surface area contributed by atoms with E-state index in [1.165, 1.54) is 12.8 Å². The maximum absolute atomic E-state index is 12.4. The molecule has 23 heavy (non-hydrogen) atoms. The number of nitrogens with zero attached hydrogens (tertiary/aromatic N) is 4. The summed E-state index contributed by atoms with van der Waals surface area (Å²) in [4.78, 5) is 18.9. The number of hydrogen-bond donors (Lipinski definition) is 0. The smallest absolute Gasteiger partial charge is 0.246 e. The molecule has 2 aliphatic rings. The molecule has 1 aromatic carbocycles. The summed E-state index contributed by atoms with van der Waals surface area (Å²) in [6.45, 7) is 2.14. The van der Waals surface area contributed by atoms with Gasteiger partial charge in [0.2, 0.25) is 5.91 Å². The molecular formula is C18H20N4O. The van der Waals surface area contributed by atoms with Crippen molar-refractivity contribution in [2.24, 2.45) is 0 Å². The Morgan fingerprint density at radius 2 is 1.96 bits per heavy atom. The van der Waals surface area contributed by atoms with Crippen LogP contribution < -0.4 is 0 Å². The van der Waals surface area contributed by atoms with Gasteiger partial charge in [0.15, 0.2) is 5.82 Å². The molecule has 0 radical (unpaired) electrons. The molecule has 0 spiro atoms. The van der Waals surface area contributed by atoms with E-state index in [0.29, 0.717) is 19.0 Å². The van der Waals surface area contributed by atoms with E-state index in [2.05, 4.69) is 10.1 Å². The number of benzene rings is 1. The summed E-state index contributed by atoms with van der Waals surface area (Å²) >= 11 is 0. The highest BCUT2D eigenvalue weighted by Gasteiger charge is 2.29. The third kappa shape index (κ3) is 3.18. The Hall–Kier alpha value is -2.43. The molecule has 1 aliphatic heterocycles. The van der Waals surface area contributed by atoms with Crippen molar-refractivity contribution >= 4 is 12.0 Å². The summed E-state index contributed by atoms with van der Waals surface area (Å²) in [6, 6.07) is 9.89. The third-order valence-corrected chi connectivity index (χ3v) is 4.42. The zero-order valence-electron chi connectivity index (χ0n) is 13.1. The second kappa shape index (κ2) is 5.99. The summed E-state index contributed by atoms with van der Waals surface area (Å²) in [5.41, 5.74) is 1.04. The zero-order valence-corrected chi connectivity index (χ0v) is 13.1. The van der Waals surface area contributed by atoms with Gasteiger partial charge in [-0.3, -0.25) is 4.79 Å². The molecular weight excluding hydrogens is 288 g/mol. The van der Waals surface area contributed by atoms with Gasteiger partial charge < -0.3 is 4.90 Å². The lowest BCUT2D eigenvalue weighted by Gasteiger charge is -2.17. The van der Waals surface area contributed by atoms with Gasteiger partial charge in [-0.1, -0.05) is 30.3 Å². The fraction of sp³-hybridized carbons (Fsp3) is 0.389. The van der Waals surface area contributed by atoms with Crippen molar-refractivity contribution in [3.63, 3.8) is 0 Å². The van der Waals surface area contributed by atoms with Crippen molar-refractivity contribution in [1.82, 2.24) is 19.7 Å². The zero-order chi connectivity index (χ0) is 15.6. The molecule has 0 atom stereocenters. The molecule has 5 nitrogen and oxygen atoms in total. The van der Waals surface area contributed by atoms with Crippen molar-refractivity contribution in [3.8, 4) is 0 Å². The second-order valence-electron chi connectivity index (χ2n) is 6.20. The molecule has 0 saturated heterocycles. The predicted molar refractivity (Wildman–Crippen MR) is 87.8 cm³/mol. The molecule has 1 fully saturated rings. The van der Waals surface area contributed by atoms with Gasteiger partial charge in [-0.05, 0) is 24.5 Å². The lowest BCUT2D eigenvalue weighted by Crippen LogP contribution is -2.32. The largest absolute Gasteiger partial charge is 0.337 e. The number of amides is 1. The monoisotopic (exact) mass is 308 g/mol. The number of carbonyl (C=O) groups excluding carboxylic acids is 1. The van der Waals surface area contributed by atoms with Crippen molar-refractivity contribution in [2.75, 3.05) is 13.1 Å². The second-order valence-corrected chi connectivity index (χ2v) is 6.20. The minimum Gasteiger partial charge on any atom is -0.337 e. The molecule has 118 valence electrons. The maximum atomic E-state index is 12.4. The summed E-state index contributed by atoms with van der Waals surface area (Å²) in [5, 5.41) is 4.61. The van der Waals surface area contributed by atoms with Crippen molar-refractivity contribution in [1.29, 1.82) is 0 Å². The van der Waals surface area contributed by atoms with Gasteiger partial charge in [0.1, 0.15) is 5.82 Å². The molecule has 2 heterocycles. The number of aromatic nitrogens is 3. The van der Waals surface area contributed by atoms with Crippen LogP contribution in [0.3, 0.4) is 0 Å². The van der Waals surface area contributed by atoms with E-state index in [0.717, 1.165) is 30.2 Å². The Morgan fingerprint density at radius 3 is 2.74 bits per heavy atom. The van der Waals surface area contributed by atoms with Crippen LogP contribution in [-0.2, 0) is 17.8 Å². The quantitative estimate of drug-likeness (QED) is 0.817. The van der Waals surface area contributed by atoms with Crippen LogP contribution in [0.1, 0.15) is 36.0 Å². The molecule has 1 aliphatic carbocycles. The summed E-state index contributed by atoms with van der Waals surface area (Å²) in [6.07, 6.45) is 6.75. The average Bonchev–Trinajstić information content (AvgIpc) is 3.38. The van der Waals surface area contributed by atoms with Gasteiger partial charge in [-0.2, -0.15) is 5.10 Å². The van der Waals surface area contributed by atoms with Crippen LogP contribution in [0.4, 0.5) is 0 Å². The Kier molecular flexibility index (Phi) is 3.69. The summed E-state index contributed by atoms with van der Waals surface area (Å²) < 4.78 is 1.99. The number of hydrogen-bond acceptors (Lipinski definition) is 3. The van der Waals surface area contributed by atoms with Gasteiger partial charge >= 0.3 is 0 Å². The van der Waals surface area contributed by atoms with Gasteiger partial charge in [0.25, 0.3) is 0 Å². The number of fused-ring (bicyclic) bond motifs is 1. The van der Waals surface area contributed by atoms with Crippen LogP contribution in [0.2, 0.25) is 0 Å². The van der Waals surface area contributed by atoms with Crippen molar-refractivity contribution in [2.45, 2.75) is 31.7 Å². The Labute approximate surface area is 135 Å². The highest BCUT2D eigenvalue weighted by Crippen LogP contribution is 2.38. The lowest BCUT2D eigenvalue weighted by atomic mass is 10.2. The van der Waals surface area contributed by atoms with Crippen LogP contribution in [-0.4, -0.2) is 38.7 Å². The van der Waals surface area contributed by atoms with Crippen LogP contribution in [0.5, 0.6) is 0 Å². The number of rotatable bonds is 3. The molecule has 5 heteroatoms. The molecule has 1 aromatic heterocycles. The van der Waals surface area contributed by atoms with E-state index in [1.807, 2.05) is 46.0 Å². The van der Waals surface area contributed by atoms with Crippen molar-refractivity contribution < 1.29 is 4.79 Å². The van der Waals surface area contributed by atoms with Gasteiger partial charge in [-0.15, -0.1) is 0 Å². The highest BCUT2D eigenvalue weighted by atomic mass is 16.2. The van der Waals surface area contributed by atoms with Gasteiger partial charge in [0.05, 0.1) is 6.54 Å². The first-order valence-corrected chi connectivity index (χ1v) is 8.25. The van der Waals surface area contributed by atoms with E-state index in [9.17, 15) is 4.79 Å². The third-order valence-electron chi connectivity index (χ3n) is 4.42. The summed E-state index contributed by atoms with van der Waals surface area (Å²) in [5.74, 6) is 2.67. The predicted octanol–water partition coefficient (Wildman–Crippen LogP) is 2.25. The molecule has 0 N–H and O–H groups in total. The van der Waals surface area contributed by atoms with E-state index in [4.69, 9.17) is 0 Å². The molecule has 4 rings (SSSR count). The molecule has 1 saturated carbocycles. The highest BCUT2D eigenvalue weighted by molar-refractivity contribution is 5.91. The summed E-state index contributed by atoms with van der Waals surface area (Å²) in [7, 11) is 0. The SMILES string of the molecule is O=C(C=Cc1ccccc1)N1CCc2nc(C3CC3)nn2CC1. The van der Waals surface area contributed by atoms with Crippen LogP contribution >= 0.6 is 0 Å². The first kappa shape index (κ1) is 14.2. The number of carbonyl (C=O) groups is 1. The van der Waals surface area contributed by atoms with Crippen molar-refractivity contribution in [3.05, 3.63) is 53.6 Å². The van der Waals surface area contributed by atoms with Crippen LogP contribution in [0.25, 0.3) is 6.08 Å². The molecule has 2 aromatic rings. The standard InChI is InChI=1S/C18H20N4O/c23-17(9-6-14-4-2-1-3-5-14)21-11-10-16-19-18(15-7-8-15)20-22(16)13-12-21/h1-6,9,15H,7-8,10-13H2. The minimum atomic E-state index is 0.0574. The topological polar surface area (TPSA) is 51.0 Å². The fourth-order valence-corrected chi connectivity index (χ4v) is 2.89. The normalized spacial score (nSPS) is 18.0. The Balaban J connectivity index is 1.40. The van der Waals surface area contributed by atoms with Crippen LogP contribution in [0, 0.1) is 0 Å². The molecule has 1 amide bonds. The maximum Gasteiger partial charge on any atom is 0.246 e. The molecule has 0 unspecified atom stereocenters. The van der Waals surface area contributed by atoms with Gasteiger partial charge in [-0.25, -0.2) is 9.67 Å². The van der Waals surface area contributed by atoms with E-state index in [-0.39, 0.29) is 5.91 Å². The van der Waals surface area contributed by atoms with Crippen LogP contribution in [0.15, 0.2) is 36.4 Å². The van der Waals surface area contributed by atoms with Gasteiger partial charge in [0, 0.05) is 31.5 Å².